The predicted octanol–water partition coefficient (Wildman–Crippen LogP) is 2.74. The van der Waals surface area contributed by atoms with Gasteiger partial charge < -0.3 is 10.6 Å². The molecule has 1 aromatic heterocycles. The topological polar surface area (TPSA) is 24.1 Å². The summed E-state index contributed by atoms with van der Waals surface area (Å²) in [6, 6.07) is 2.87. The number of hydrogen-bond donors (Lipinski definition) is 2. The van der Waals surface area contributed by atoms with Crippen LogP contribution in [0.4, 0.5) is 0 Å². The van der Waals surface area contributed by atoms with Crippen molar-refractivity contribution >= 4 is 27.3 Å². The Morgan fingerprint density at radius 3 is 3.13 bits per heavy atom. The van der Waals surface area contributed by atoms with Crippen LogP contribution in [0.5, 0.6) is 0 Å². The van der Waals surface area contributed by atoms with Gasteiger partial charge in [0.15, 0.2) is 0 Å². The molecule has 1 saturated heterocycles. The van der Waals surface area contributed by atoms with Crippen molar-refractivity contribution in [2.75, 3.05) is 13.1 Å². The molecule has 0 spiro atoms. The van der Waals surface area contributed by atoms with Crippen molar-refractivity contribution in [3.63, 3.8) is 0 Å². The number of rotatable bonds is 4. The van der Waals surface area contributed by atoms with Crippen molar-refractivity contribution in [2.24, 2.45) is 0 Å². The van der Waals surface area contributed by atoms with Crippen molar-refractivity contribution in [3.05, 3.63) is 20.8 Å². The van der Waals surface area contributed by atoms with E-state index in [1.165, 1.54) is 35.2 Å². The molecule has 1 aliphatic rings. The summed E-state index contributed by atoms with van der Waals surface area (Å²) in [5.74, 6) is 0. The fourth-order valence-corrected chi connectivity index (χ4v) is 3.33. The standard InChI is InChI=1S/C11H17BrN2S/c12-9-5-11(15-8-9)7-13-6-10-3-1-2-4-14-10/h5,8,10,13-14H,1-4,6-7H2. The number of nitrogens with one attached hydrogen (secondary N) is 2. The number of piperidine rings is 1. The fraction of sp³-hybridized carbons (Fsp3) is 0.636. The Kier molecular flexibility index (Phi) is 4.62. The van der Waals surface area contributed by atoms with E-state index in [-0.39, 0.29) is 0 Å². The maximum absolute atomic E-state index is 3.54. The van der Waals surface area contributed by atoms with Crippen LogP contribution in [0.15, 0.2) is 15.9 Å². The molecule has 84 valence electrons. The highest BCUT2D eigenvalue weighted by Gasteiger charge is 2.11. The van der Waals surface area contributed by atoms with E-state index in [1.54, 1.807) is 11.3 Å². The third-order valence-corrected chi connectivity index (χ3v) is 4.42. The summed E-state index contributed by atoms with van der Waals surface area (Å²) in [6.07, 6.45) is 4.04. The van der Waals surface area contributed by atoms with Gasteiger partial charge in [-0.3, -0.25) is 0 Å². The number of hydrogen-bond acceptors (Lipinski definition) is 3. The lowest BCUT2D eigenvalue weighted by atomic mass is 10.1. The minimum Gasteiger partial charge on any atom is -0.313 e. The third-order valence-electron chi connectivity index (χ3n) is 2.72. The molecule has 0 saturated carbocycles. The van der Waals surface area contributed by atoms with Crippen molar-refractivity contribution in [3.8, 4) is 0 Å². The molecule has 1 aromatic rings. The van der Waals surface area contributed by atoms with E-state index >= 15 is 0 Å². The molecule has 4 heteroatoms. The molecule has 1 unspecified atom stereocenters. The van der Waals surface area contributed by atoms with Gasteiger partial charge in [-0.2, -0.15) is 0 Å². The summed E-state index contributed by atoms with van der Waals surface area (Å²) in [6.45, 7) is 3.28. The molecule has 1 aliphatic heterocycles. The second kappa shape index (κ2) is 5.99. The Bertz CT molecular complexity index is 295. The molecular weight excluding hydrogens is 272 g/mol. The van der Waals surface area contributed by atoms with Crippen LogP contribution in [0.1, 0.15) is 24.1 Å². The maximum atomic E-state index is 3.54. The monoisotopic (exact) mass is 288 g/mol. The van der Waals surface area contributed by atoms with Crippen LogP contribution in [0.3, 0.4) is 0 Å². The first-order chi connectivity index (χ1) is 7.34. The van der Waals surface area contributed by atoms with E-state index in [0.29, 0.717) is 6.04 Å². The summed E-state index contributed by atoms with van der Waals surface area (Å²) in [5.41, 5.74) is 0. The van der Waals surface area contributed by atoms with Gasteiger partial charge in [-0.05, 0) is 41.4 Å². The molecule has 0 aliphatic carbocycles. The van der Waals surface area contributed by atoms with E-state index in [2.05, 4.69) is 38.0 Å². The Hall–Kier alpha value is 0.1000. The second-order valence-electron chi connectivity index (χ2n) is 4.01. The molecule has 2 nitrogen and oxygen atoms in total. The smallest absolute Gasteiger partial charge is 0.0300 e. The van der Waals surface area contributed by atoms with Crippen LogP contribution < -0.4 is 10.6 Å². The first-order valence-corrected chi connectivity index (χ1v) is 7.19. The van der Waals surface area contributed by atoms with Gasteiger partial charge in [-0.25, -0.2) is 0 Å². The average molecular weight is 289 g/mol. The first kappa shape index (κ1) is 11.6. The van der Waals surface area contributed by atoms with E-state index in [1.807, 2.05) is 0 Å². The lowest BCUT2D eigenvalue weighted by molar-refractivity contribution is 0.383. The molecule has 2 heterocycles. The Labute approximate surface area is 104 Å². The highest BCUT2D eigenvalue weighted by Crippen LogP contribution is 2.19. The molecule has 0 amide bonds. The van der Waals surface area contributed by atoms with Gasteiger partial charge in [0.05, 0.1) is 0 Å². The van der Waals surface area contributed by atoms with Gasteiger partial charge in [0, 0.05) is 33.9 Å². The summed E-state index contributed by atoms with van der Waals surface area (Å²) in [4.78, 5) is 1.40. The fourth-order valence-electron chi connectivity index (χ4n) is 1.91. The quantitative estimate of drug-likeness (QED) is 0.890. The molecule has 1 atom stereocenters. The van der Waals surface area contributed by atoms with Crippen LogP contribution >= 0.6 is 27.3 Å². The Morgan fingerprint density at radius 1 is 1.53 bits per heavy atom. The highest BCUT2D eigenvalue weighted by atomic mass is 79.9. The minimum absolute atomic E-state index is 0.683. The van der Waals surface area contributed by atoms with Crippen LogP contribution in [0.25, 0.3) is 0 Å². The molecule has 0 aromatic carbocycles. The van der Waals surface area contributed by atoms with E-state index in [0.717, 1.165) is 13.1 Å². The maximum Gasteiger partial charge on any atom is 0.0300 e. The zero-order valence-electron chi connectivity index (χ0n) is 8.76. The first-order valence-electron chi connectivity index (χ1n) is 5.51. The van der Waals surface area contributed by atoms with Gasteiger partial charge in [0.1, 0.15) is 0 Å². The average Bonchev–Trinajstić information content (AvgIpc) is 2.66. The van der Waals surface area contributed by atoms with Crippen molar-refractivity contribution in [1.82, 2.24) is 10.6 Å². The Morgan fingerprint density at radius 2 is 2.47 bits per heavy atom. The van der Waals surface area contributed by atoms with Gasteiger partial charge in [0.2, 0.25) is 0 Å². The SMILES string of the molecule is Brc1csc(CNCC2CCCCN2)c1. The largest absolute Gasteiger partial charge is 0.313 e. The van der Waals surface area contributed by atoms with Crippen LogP contribution in [-0.2, 0) is 6.54 Å². The normalized spacial score (nSPS) is 21.8. The molecule has 0 bridgehead atoms. The lowest BCUT2D eigenvalue weighted by Crippen LogP contribution is -2.41. The zero-order chi connectivity index (χ0) is 10.5. The van der Waals surface area contributed by atoms with E-state index in [9.17, 15) is 0 Å². The number of thiophene rings is 1. The molecule has 2 rings (SSSR count). The van der Waals surface area contributed by atoms with Crippen LogP contribution in [0, 0.1) is 0 Å². The Balaban J connectivity index is 1.65. The van der Waals surface area contributed by atoms with Gasteiger partial charge in [-0.15, -0.1) is 11.3 Å². The predicted molar refractivity (Wildman–Crippen MR) is 69.4 cm³/mol. The number of halogens is 1. The van der Waals surface area contributed by atoms with Gasteiger partial charge in [0.25, 0.3) is 0 Å². The highest BCUT2D eigenvalue weighted by molar-refractivity contribution is 9.10. The molecule has 2 N–H and O–H groups in total. The van der Waals surface area contributed by atoms with Crippen molar-refractivity contribution in [2.45, 2.75) is 31.8 Å². The summed E-state index contributed by atoms with van der Waals surface area (Å²) in [7, 11) is 0. The molecule has 15 heavy (non-hydrogen) atoms. The van der Waals surface area contributed by atoms with Gasteiger partial charge in [-0.1, -0.05) is 6.42 Å². The third kappa shape index (κ3) is 3.87. The van der Waals surface area contributed by atoms with Crippen molar-refractivity contribution in [1.29, 1.82) is 0 Å². The minimum atomic E-state index is 0.683. The summed E-state index contributed by atoms with van der Waals surface area (Å²) in [5, 5.41) is 9.19. The second-order valence-corrected chi connectivity index (χ2v) is 5.92. The zero-order valence-corrected chi connectivity index (χ0v) is 11.2. The lowest BCUT2D eigenvalue weighted by Gasteiger charge is -2.23. The van der Waals surface area contributed by atoms with E-state index < -0.39 is 0 Å². The van der Waals surface area contributed by atoms with Crippen LogP contribution in [-0.4, -0.2) is 19.1 Å². The summed E-state index contributed by atoms with van der Waals surface area (Å²) < 4.78 is 1.19. The molecular formula is C11H17BrN2S. The van der Waals surface area contributed by atoms with Crippen LogP contribution in [0.2, 0.25) is 0 Å². The van der Waals surface area contributed by atoms with Gasteiger partial charge >= 0.3 is 0 Å². The molecule has 0 radical (unpaired) electrons. The van der Waals surface area contributed by atoms with Crippen molar-refractivity contribution < 1.29 is 0 Å². The van der Waals surface area contributed by atoms with E-state index in [4.69, 9.17) is 0 Å². The molecule has 1 fully saturated rings. The summed E-state index contributed by atoms with van der Waals surface area (Å²) >= 11 is 5.28.